The molecule has 20 heavy (non-hydrogen) atoms. The van der Waals surface area contributed by atoms with E-state index < -0.39 is 5.54 Å². The van der Waals surface area contributed by atoms with Crippen molar-refractivity contribution in [1.29, 1.82) is 0 Å². The largest absolute Gasteiger partial charge is 0.389 e. The lowest BCUT2D eigenvalue weighted by atomic mass is 9.97. The third kappa shape index (κ3) is 2.06. The molecule has 1 aliphatic heterocycles. The number of rotatable bonds is 2. The number of carbonyl (C=O) groups excluding carboxylic acids is 1. The summed E-state index contributed by atoms with van der Waals surface area (Å²) in [4.78, 5) is 16.5. The number of piperazine rings is 1. The van der Waals surface area contributed by atoms with Crippen LogP contribution < -0.4 is 10.6 Å². The van der Waals surface area contributed by atoms with Crippen LogP contribution in [0.1, 0.15) is 25.1 Å². The Hall–Kier alpha value is -1.63. The smallest absolute Gasteiger partial charge is 0.247 e. The van der Waals surface area contributed by atoms with E-state index in [1.165, 1.54) is 0 Å². The quantitative estimate of drug-likeness (QED) is 0.801. The first-order chi connectivity index (χ1) is 9.17. The van der Waals surface area contributed by atoms with E-state index in [0.717, 1.165) is 23.6 Å². The van der Waals surface area contributed by atoms with Gasteiger partial charge in [-0.2, -0.15) is 5.10 Å². The second kappa shape index (κ2) is 4.73. The molecule has 1 aliphatic rings. The standard InChI is InChI=1S/C13H21N5OS/c1-8-9(10(14)20)11(17(5)15-8)18-7-6-16(4)12(19)13(18,2)3/h6-7H2,1-5H3,(H2,14,20). The molecule has 0 spiro atoms. The molecule has 6 nitrogen and oxygen atoms in total. The number of nitrogens with zero attached hydrogens (tertiary/aromatic N) is 4. The number of nitrogens with two attached hydrogens (primary N) is 1. The van der Waals surface area contributed by atoms with Crippen molar-refractivity contribution in [2.24, 2.45) is 12.8 Å². The fraction of sp³-hybridized carbons (Fsp3) is 0.615. The second-order valence-electron chi connectivity index (χ2n) is 5.71. The highest BCUT2D eigenvalue weighted by molar-refractivity contribution is 7.80. The van der Waals surface area contributed by atoms with Crippen molar-refractivity contribution in [1.82, 2.24) is 14.7 Å². The van der Waals surface area contributed by atoms with Crippen LogP contribution in [0.3, 0.4) is 0 Å². The van der Waals surface area contributed by atoms with Gasteiger partial charge in [0.1, 0.15) is 16.3 Å². The van der Waals surface area contributed by atoms with Gasteiger partial charge in [0.25, 0.3) is 0 Å². The lowest BCUT2D eigenvalue weighted by Crippen LogP contribution is -2.63. The Balaban J connectivity index is 2.57. The Morgan fingerprint density at radius 3 is 2.50 bits per heavy atom. The monoisotopic (exact) mass is 295 g/mol. The molecule has 2 heterocycles. The Morgan fingerprint density at radius 2 is 1.95 bits per heavy atom. The lowest BCUT2D eigenvalue weighted by Gasteiger charge is -2.46. The summed E-state index contributed by atoms with van der Waals surface area (Å²) in [6, 6.07) is 0. The summed E-state index contributed by atoms with van der Waals surface area (Å²) < 4.78 is 1.75. The van der Waals surface area contributed by atoms with Gasteiger partial charge in [-0.25, -0.2) is 0 Å². The molecule has 2 rings (SSSR count). The fourth-order valence-electron chi connectivity index (χ4n) is 2.83. The summed E-state index contributed by atoms with van der Waals surface area (Å²) in [6.45, 7) is 7.10. The van der Waals surface area contributed by atoms with Gasteiger partial charge in [0.15, 0.2) is 0 Å². The third-order valence-electron chi connectivity index (χ3n) is 3.90. The van der Waals surface area contributed by atoms with Crippen LogP contribution in [0.5, 0.6) is 0 Å². The van der Waals surface area contributed by atoms with Gasteiger partial charge < -0.3 is 15.5 Å². The molecule has 0 atom stereocenters. The Labute approximate surface area is 124 Å². The van der Waals surface area contributed by atoms with Gasteiger partial charge in [-0.05, 0) is 20.8 Å². The summed E-state index contributed by atoms with van der Waals surface area (Å²) in [7, 11) is 3.67. The van der Waals surface area contributed by atoms with Gasteiger partial charge in [0.05, 0.1) is 11.3 Å². The van der Waals surface area contributed by atoms with Crippen molar-refractivity contribution < 1.29 is 4.79 Å². The number of aromatic nitrogens is 2. The minimum absolute atomic E-state index is 0.0801. The number of hydrogen-bond donors (Lipinski definition) is 1. The Kier molecular flexibility index (Phi) is 3.49. The van der Waals surface area contributed by atoms with E-state index in [9.17, 15) is 4.79 Å². The molecule has 0 aliphatic carbocycles. The number of aryl methyl sites for hydroxylation is 2. The van der Waals surface area contributed by atoms with Crippen LogP contribution in [0, 0.1) is 6.92 Å². The molecule has 1 aromatic heterocycles. The molecular weight excluding hydrogens is 274 g/mol. The zero-order valence-electron chi connectivity index (χ0n) is 12.6. The first kappa shape index (κ1) is 14.8. The first-order valence-electron chi connectivity index (χ1n) is 6.54. The predicted octanol–water partition coefficient (Wildman–Crippen LogP) is 0.420. The van der Waals surface area contributed by atoms with Crippen molar-refractivity contribution in [2.45, 2.75) is 26.3 Å². The van der Waals surface area contributed by atoms with Gasteiger partial charge in [-0.1, -0.05) is 12.2 Å². The highest BCUT2D eigenvalue weighted by Crippen LogP contribution is 2.32. The average molecular weight is 295 g/mol. The van der Waals surface area contributed by atoms with Gasteiger partial charge >= 0.3 is 0 Å². The maximum atomic E-state index is 12.4. The van der Waals surface area contributed by atoms with Gasteiger partial charge in [0, 0.05) is 27.2 Å². The summed E-state index contributed by atoms with van der Waals surface area (Å²) in [5.41, 5.74) is 6.74. The van der Waals surface area contributed by atoms with Crippen molar-refractivity contribution in [3.05, 3.63) is 11.3 Å². The minimum Gasteiger partial charge on any atom is -0.389 e. The zero-order chi connectivity index (χ0) is 15.2. The molecule has 0 aromatic carbocycles. The summed E-state index contributed by atoms with van der Waals surface area (Å²) in [5, 5.41) is 4.40. The van der Waals surface area contributed by atoms with E-state index >= 15 is 0 Å². The van der Waals surface area contributed by atoms with Crippen LogP contribution in [0.15, 0.2) is 0 Å². The molecule has 7 heteroatoms. The van der Waals surface area contributed by atoms with Crippen molar-refractivity contribution in [3.8, 4) is 0 Å². The summed E-state index contributed by atoms with van der Waals surface area (Å²) >= 11 is 5.15. The predicted molar refractivity (Wildman–Crippen MR) is 82.9 cm³/mol. The van der Waals surface area contributed by atoms with Crippen molar-refractivity contribution in [3.63, 3.8) is 0 Å². The van der Waals surface area contributed by atoms with E-state index in [1.807, 2.05) is 39.8 Å². The number of amides is 1. The van der Waals surface area contributed by atoms with Gasteiger partial charge in [0.2, 0.25) is 5.91 Å². The van der Waals surface area contributed by atoms with E-state index in [2.05, 4.69) is 5.10 Å². The average Bonchev–Trinajstić information content (AvgIpc) is 2.61. The maximum absolute atomic E-state index is 12.4. The number of thiocarbonyl (C=S) groups is 1. The van der Waals surface area contributed by atoms with Crippen LogP contribution in [-0.4, -0.2) is 51.3 Å². The lowest BCUT2D eigenvalue weighted by molar-refractivity contribution is -0.136. The fourth-order valence-corrected chi connectivity index (χ4v) is 3.07. The highest BCUT2D eigenvalue weighted by atomic mass is 32.1. The Morgan fingerprint density at radius 1 is 1.35 bits per heavy atom. The van der Waals surface area contributed by atoms with Crippen LogP contribution >= 0.6 is 12.2 Å². The SMILES string of the molecule is Cc1nn(C)c(N2CCN(C)C(=O)C2(C)C)c1C(N)=S. The molecule has 1 aromatic rings. The third-order valence-corrected chi connectivity index (χ3v) is 4.10. The number of anilines is 1. The van der Waals surface area contributed by atoms with E-state index in [0.29, 0.717) is 11.5 Å². The molecule has 1 amide bonds. The van der Waals surface area contributed by atoms with Crippen LogP contribution in [0.25, 0.3) is 0 Å². The molecule has 0 radical (unpaired) electrons. The molecule has 110 valence electrons. The van der Waals surface area contributed by atoms with Crippen molar-refractivity contribution in [2.75, 3.05) is 25.0 Å². The molecule has 0 unspecified atom stereocenters. The first-order valence-corrected chi connectivity index (χ1v) is 6.95. The molecule has 1 saturated heterocycles. The van der Waals surface area contributed by atoms with Crippen molar-refractivity contribution >= 4 is 28.9 Å². The Bertz CT molecular complexity index is 578. The molecule has 0 bridgehead atoms. The zero-order valence-corrected chi connectivity index (χ0v) is 13.4. The second-order valence-corrected chi connectivity index (χ2v) is 6.15. The van der Waals surface area contributed by atoms with Gasteiger partial charge in [-0.3, -0.25) is 9.48 Å². The van der Waals surface area contributed by atoms with Crippen LogP contribution in [0.2, 0.25) is 0 Å². The molecular formula is C13H21N5OS. The highest BCUT2D eigenvalue weighted by Gasteiger charge is 2.43. The number of hydrogen-bond acceptors (Lipinski definition) is 4. The van der Waals surface area contributed by atoms with Crippen LogP contribution in [-0.2, 0) is 11.8 Å². The molecule has 2 N–H and O–H groups in total. The van der Waals surface area contributed by atoms with E-state index in [1.54, 1.807) is 9.58 Å². The maximum Gasteiger partial charge on any atom is 0.247 e. The number of carbonyl (C=O) groups is 1. The molecule has 0 saturated carbocycles. The summed E-state index contributed by atoms with van der Waals surface area (Å²) in [5.74, 6) is 0.901. The van der Waals surface area contributed by atoms with E-state index in [-0.39, 0.29) is 5.91 Å². The number of likely N-dealkylation sites (N-methyl/N-ethyl adjacent to an activating group) is 1. The minimum atomic E-state index is -0.646. The van der Waals surface area contributed by atoms with E-state index in [4.69, 9.17) is 18.0 Å². The summed E-state index contributed by atoms with van der Waals surface area (Å²) in [6.07, 6.45) is 0. The van der Waals surface area contributed by atoms with Gasteiger partial charge in [-0.15, -0.1) is 0 Å². The normalized spacial score (nSPS) is 18.6. The topological polar surface area (TPSA) is 67.4 Å². The van der Waals surface area contributed by atoms with Crippen LogP contribution in [0.4, 0.5) is 5.82 Å². The molecule has 1 fully saturated rings.